The van der Waals surface area contributed by atoms with Crippen molar-refractivity contribution < 1.29 is 22.7 Å². The van der Waals surface area contributed by atoms with Crippen LogP contribution in [0.2, 0.25) is 10.2 Å². The molecule has 0 aliphatic rings. The Bertz CT molecular complexity index is 1090. The Morgan fingerprint density at radius 3 is 2.57 bits per heavy atom. The molecule has 0 saturated carbocycles. The van der Waals surface area contributed by atoms with Gasteiger partial charge >= 0.3 is 12.1 Å². The monoisotopic (exact) mass is 431 g/mol. The summed E-state index contributed by atoms with van der Waals surface area (Å²) in [4.78, 5) is 19.5. The maximum absolute atomic E-state index is 13.1. The molecule has 0 amide bonds. The number of carbonyl (C=O) groups is 1. The molecule has 0 aromatic carbocycles. The van der Waals surface area contributed by atoms with Gasteiger partial charge in [-0.1, -0.05) is 23.2 Å². The average Bonchev–Trinajstić information content (AvgIpc) is 2.94. The zero-order chi connectivity index (χ0) is 20.8. The first-order valence-electron chi connectivity index (χ1n) is 7.99. The van der Waals surface area contributed by atoms with E-state index in [1.54, 1.807) is 20.0 Å². The van der Waals surface area contributed by atoms with Gasteiger partial charge in [0.2, 0.25) is 0 Å². The van der Waals surface area contributed by atoms with Crippen molar-refractivity contribution in [3.05, 3.63) is 56.6 Å². The van der Waals surface area contributed by atoms with Crippen molar-refractivity contribution >= 4 is 40.2 Å². The van der Waals surface area contributed by atoms with E-state index in [1.807, 2.05) is 0 Å². The number of nitrogens with zero attached hydrogens (tertiary/aromatic N) is 3. The predicted molar refractivity (Wildman–Crippen MR) is 98.9 cm³/mol. The quantitative estimate of drug-likeness (QED) is 0.433. The van der Waals surface area contributed by atoms with Gasteiger partial charge in [0.15, 0.2) is 0 Å². The summed E-state index contributed by atoms with van der Waals surface area (Å²) in [6.45, 7) is 1.59. The van der Waals surface area contributed by atoms with Crippen molar-refractivity contribution in [1.82, 2.24) is 14.5 Å². The minimum absolute atomic E-state index is 0.0518. The summed E-state index contributed by atoms with van der Waals surface area (Å²) in [6, 6.07) is 2.72. The van der Waals surface area contributed by atoms with Crippen molar-refractivity contribution in [2.45, 2.75) is 19.5 Å². The first kappa shape index (κ1) is 20.4. The van der Waals surface area contributed by atoms with Gasteiger partial charge in [-0.2, -0.15) is 13.2 Å². The molecule has 0 atom stereocenters. The van der Waals surface area contributed by atoms with Crippen LogP contribution in [-0.4, -0.2) is 27.6 Å². The molecular weight excluding hydrogens is 418 g/mol. The lowest BCUT2D eigenvalue weighted by Gasteiger charge is -2.11. The van der Waals surface area contributed by atoms with Gasteiger partial charge in [0.05, 0.1) is 17.7 Å². The molecule has 5 nitrogen and oxygen atoms in total. The van der Waals surface area contributed by atoms with E-state index in [1.165, 1.54) is 17.9 Å². The smallest absolute Gasteiger partial charge is 0.433 e. The molecule has 0 bridgehead atoms. The molecular formula is C18H14Cl2F3N3O2. The van der Waals surface area contributed by atoms with E-state index in [4.69, 9.17) is 23.2 Å². The second-order valence-corrected chi connectivity index (χ2v) is 6.91. The van der Waals surface area contributed by atoms with Crippen LogP contribution in [0.15, 0.2) is 18.3 Å². The van der Waals surface area contributed by atoms with Gasteiger partial charge in [-0.25, -0.2) is 14.8 Å². The number of ether oxygens (including phenoxy) is 1. The Morgan fingerprint density at radius 2 is 1.96 bits per heavy atom. The summed E-state index contributed by atoms with van der Waals surface area (Å²) in [5.74, 6) is -0.667. The second kappa shape index (κ2) is 7.25. The Labute approximate surface area is 168 Å². The van der Waals surface area contributed by atoms with Crippen LogP contribution in [0.4, 0.5) is 13.2 Å². The number of esters is 1. The predicted octanol–water partition coefficient (Wildman–Crippen LogP) is 4.98. The molecule has 3 aromatic heterocycles. The number of hydrogen-bond donors (Lipinski definition) is 0. The molecule has 0 aliphatic heterocycles. The topological polar surface area (TPSA) is 57.0 Å². The van der Waals surface area contributed by atoms with Crippen molar-refractivity contribution in [2.24, 2.45) is 7.05 Å². The Kier molecular flexibility index (Phi) is 5.29. The molecule has 10 heteroatoms. The Hall–Kier alpha value is -2.32. The van der Waals surface area contributed by atoms with Crippen LogP contribution in [0.5, 0.6) is 0 Å². The molecule has 0 unspecified atom stereocenters. The van der Waals surface area contributed by atoms with Gasteiger partial charge in [0.25, 0.3) is 0 Å². The number of methoxy groups -OCH3 is 1. The Morgan fingerprint density at radius 1 is 1.29 bits per heavy atom. The maximum Gasteiger partial charge on any atom is 0.433 e. The van der Waals surface area contributed by atoms with E-state index in [-0.39, 0.29) is 27.8 Å². The average molecular weight is 432 g/mol. The lowest BCUT2D eigenvalue weighted by molar-refractivity contribution is -0.141. The minimum atomic E-state index is -4.55. The standard InChI is InChI=1S/C18H14Cl2F3N3O2/c1-8-4-13(18(21,22)23)25-16-10(8)5-9(26(16)2)6-11-14(19)12(17(27)28-3)7-24-15(11)20/h4-5,7H,6H2,1-3H3. The molecule has 148 valence electrons. The Balaban J connectivity index is 2.13. The number of hydrogen-bond acceptors (Lipinski definition) is 4. The van der Waals surface area contributed by atoms with Crippen molar-refractivity contribution in [2.75, 3.05) is 7.11 Å². The van der Waals surface area contributed by atoms with Crippen LogP contribution in [0.3, 0.4) is 0 Å². The first-order chi connectivity index (χ1) is 13.0. The van der Waals surface area contributed by atoms with E-state index in [9.17, 15) is 18.0 Å². The lowest BCUT2D eigenvalue weighted by Crippen LogP contribution is -2.10. The van der Waals surface area contributed by atoms with E-state index < -0.39 is 17.8 Å². The molecule has 0 spiro atoms. The number of aromatic nitrogens is 3. The summed E-state index contributed by atoms with van der Waals surface area (Å²) in [5.41, 5.74) is 0.694. The molecule has 3 rings (SSSR count). The van der Waals surface area contributed by atoms with Crippen LogP contribution in [0.1, 0.15) is 32.9 Å². The van der Waals surface area contributed by atoms with Gasteiger partial charge in [-0.05, 0) is 24.6 Å². The second-order valence-electron chi connectivity index (χ2n) is 6.18. The summed E-state index contributed by atoms with van der Waals surface area (Å²) in [7, 11) is 2.81. The van der Waals surface area contributed by atoms with Gasteiger partial charge in [-0.3, -0.25) is 0 Å². The van der Waals surface area contributed by atoms with Crippen LogP contribution in [0, 0.1) is 6.92 Å². The number of rotatable bonds is 3. The number of fused-ring (bicyclic) bond motifs is 1. The van der Waals surface area contributed by atoms with E-state index in [0.717, 1.165) is 6.07 Å². The van der Waals surface area contributed by atoms with E-state index in [2.05, 4.69) is 14.7 Å². The van der Waals surface area contributed by atoms with Gasteiger partial charge in [0, 0.05) is 36.3 Å². The molecule has 3 aromatic rings. The highest BCUT2D eigenvalue weighted by Gasteiger charge is 2.33. The highest BCUT2D eigenvalue weighted by atomic mass is 35.5. The van der Waals surface area contributed by atoms with Crippen LogP contribution >= 0.6 is 23.2 Å². The highest BCUT2D eigenvalue weighted by molar-refractivity contribution is 6.37. The molecule has 3 heterocycles. The van der Waals surface area contributed by atoms with E-state index >= 15 is 0 Å². The van der Waals surface area contributed by atoms with Gasteiger partial charge < -0.3 is 9.30 Å². The SMILES string of the molecule is COC(=O)c1cnc(Cl)c(Cc2cc3c(C)cc(C(F)(F)F)nc3n2C)c1Cl. The van der Waals surface area contributed by atoms with Crippen molar-refractivity contribution in [1.29, 1.82) is 0 Å². The zero-order valence-corrected chi connectivity index (χ0v) is 16.5. The van der Waals surface area contributed by atoms with Crippen LogP contribution in [0.25, 0.3) is 11.0 Å². The summed E-state index contributed by atoms with van der Waals surface area (Å²) in [6.07, 6.45) is -3.19. The molecule has 0 radical (unpaired) electrons. The normalized spacial score (nSPS) is 11.9. The largest absolute Gasteiger partial charge is 0.465 e. The third-order valence-electron chi connectivity index (χ3n) is 4.42. The van der Waals surface area contributed by atoms with Gasteiger partial charge in [-0.15, -0.1) is 0 Å². The molecule has 0 N–H and O–H groups in total. The molecule has 0 fully saturated rings. The van der Waals surface area contributed by atoms with Crippen molar-refractivity contribution in [3.63, 3.8) is 0 Å². The fourth-order valence-corrected chi connectivity index (χ4v) is 3.45. The molecule has 28 heavy (non-hydrogen) atoms. The molecule has 0 aliphatic carbocycles. The fraction of sp³-hybridized carbons (Fsp3) is 0.278. The van der Waals surface area contributed by atoms with Crippen LogP contribution < -0.4 is 0 Å². The van der Waals surface area contributed by atoms with Crippen LogP contribution in [-0.2, 0) is 24.4 Å². The summed E-state index contributed by atoms with van der Waals surface area (Å²) >= 11 is 12.5. The lowest BCUT2D eigenvalue weighted by atomic mass is 10.1. The highest BCUT2D eigenvalue weighted by Crippen LogP contribution is 2.34. The zero-order valence-electron chi connectivity index (χ0n) is 15.0. The third-order valence-corrected chi connectivity index (χ3v) is 5.17. The minimum Gasteiger partial charge on any atom is -0.465 e. The van der Waals surface area contributed by atoms with E-state index in [0.29, 0.717) is 22.2 Å². The summed E-state index contributed by atoms with van der Waals surface area (Å²) < 4.78 is 45.4. The fourth-order valence-electron chi connectivity index (χ4n) is 2.91. The number of aryl methyl sites for hydroxylation is 2. The number of pyridine rings is 2. The third kappa shape index (κ3) is 3.54. The number of carbonyl (C=O) groups excluding carboxylic acids is 1. The number of alkyl halides is 3. The number of halogens is 5. The van der Waals surface area contributed by atoms with Crippen molar-refractivity contribution in [3.8, 4) is 0 Å². The first-order valence-corrected chi connectivity index (χ1v) is 8.74. The molecule has 0 saturated heterocycles. The summed E-state index contributed by atoms with van der Waals surface area (Å²) in [5, 5.41) is 0.746. The van der Waals surface area contributed by atoms with Gasteiger partial charge in [0.1, 0.15) is 16.5 Å². The maximum atomic E-state index is 13.1.